The Labute approximate surface area is 181 Å². The molecule has 5 amide bonds. The fourth-order valence-electron chi connectivity index (χ4n) is 4.51. The lowest BCUT2D eigenvalue weighted by molar-refractivity contribution is -0.139. The minimum atomic E-state index is -1.18. The van der Waals surface area contributed by atoms with Gasteiger partial charge >= 0.3 is 12.1 Å². The van der Waals surface area contributed by atoms with Crippen LogP contribution in [-0.2, 0) is 32.7 Å². The maximum Gasteiger partial charge on any atom is 0.409 e. The van der Waals surface area contributed by atoms with Crippen molar-refractivity contribution in [2.75, 3.05) is 39.3 Å². The van der Waals surface area contributed by atoms with E-state index in [1.165, 1.54) is 11.1 Å². The van der Waals surface area contributed by atoms with Crippen LogP contribution < -0.4 is 5.32 Å². The number of benzene rings is 1. The van der Waals surface area contributed by atoms with E-state index in [1.54, 1.807) is 23.6 Å². The second kappa shape index (κ2) is 8.20. The van der Waals surface area contributed by atoms with Gasteiger partial charge < -0.3 is 19.9 Å². The van der Waals surface area contributed by atoms with Crippen LogP contribution in [0.4, 0.5) is 9.59 Å². The van der Waals surface area contributed by atoms with Crippen molar-refractivity contribution in [1.29, 1.82) is 0 Å². The van der Waals surface area contributed by atoms with E-state index < -0.39 is 23.6 Å². The van der Waals surface area contributed by atoms with E-state index in [1.807, 2.05) is 18.2 Å². The number of carbonyl (C=O) groups is 4. The van der Waals surface area contributed by atoms with Gasteiger partial charge in [0.15, 0.2) is 0 Å². The smallest absolute Gasteiger partial charge is 0.409 e. The van der Waals surface area contributed by atoms with Crippen LogP contribution in [-0.4, -0.2) is 78.0 Å². The summed E-state index contributed by atoms with van der Waals surface area (Å²) in [7, 11) is 0. The van der Waals surface area contributed by atoms with E-state index in [-0.39, 0.29) is 12.5 Å². The highest BCUT2D eigenvalue weighted by Gasteiger charge is 2.50. The molecule has 9 heteroatoms. The van der Waals surface area contributed by atoms with Crippen LogP contribution in [0.5, 0.6) is 0 Å². The highest BCUT2D eigenvalue weighted by atomic mass is 16.6. The molecule has 1 N–H and O–H groups in total. The Balaban J connectivity index is 1.40. The Kier molecular flexibility index (Phi) is 5.60. The zero-order chi connectivity index (χ0) is 22.2. The summed E-state index contributed by atoms with van der Waals surface area (Å²) in [6.07, 6.45) is 2.71. The van der Waals surface area contributed by atoms with Crippen molar-refractivity contribution in [2.45, 2.75) is 38.6 Å². The van der Waals surface area contributed by atoms with Crippen LogP contribution in [0, 0.1) is 0 Å². The average Bonchev–Trinajstić information content (AvgIpc) is 3.32. The molecule has 1 aromatic rings. The molecule has 0 bridgehead atoms. The van der Waals surface area contributed by atoms with Gasteiger partial charge in [-0.15, -0.1) is 0 Å². The van der Waals surface area contributed by atoms with Crippen LogP contribution in [0.15, 0.2) is 18.2 Å². The fourth-order valence-corrected chi connectivity index (χ4v) is 4.51. The number of rotatable bonds is 4. The summed E-state index contributed by atoms with van der Waals surface area (Å²) in [5.41, 5.74) is 2.06. The summed E-state index contributed by atoms with van der Waals surface area (Å²) in [5, 5.41) is 2.78. The number of aryl methyl sites for hydroxylation is 2. The Morgan fingerprint density at radius 1 is 1.06 bits per heavy atom. The fraction of sp³-hybridized carbons (Fsp3) is 0.545. The topological polar surface area (TPSA) is 99.3 Å². The normalized spacial score (nSPS) is 23.1. The molecule has 2 aliphatic heterocycles. The molecule has 0 saturated carbocycles. The van der Waals surface area contributed by atoms with Gasteiger partial charge in [-0.1, -0.05) is 18.2 Å². The number of ether oxygens (including phenoxy) is 1. The van der Waals surface area contributed by atoms with Gasteiger partial charge in [0.25, 0.3) is 5.91 Å². The van der Waals surface area contributed by atoms with Gasteiger partial charge in [-0.3, -0.25) is 14.5 Å². The maximum atomic E-state index is 13.2. The number of nitrogens with one attached hydrogen (secondary N) is 1. The second-order valence-electron chi connectivity index (χ2n) is 8.35. The molecule has 166 valence electrons. The van der Waals surface area contributed by atoms with Crippen molar-refractivity contribution >= 4 is 23.9 Å². The first-order chi connectivity index (χ1) is 14.8. The lowest BCUT2D eigenvalue weighted by Gasteiger charge is -2.34. The van der Waals surface area contributed by atoms with Crippen molar-refractivity contribution < 1.29 is 23.9 Å². The van der Waals surface area contributed by atoms with Crippen molar-refractivity contribution in [3.63, 3.8) is 0 Å². The van der Waals surface area contributed by atoms with E-state index in [2.05, 4.69) is 5.32 Å². The Morgan fingerprint density at radius 2 is 1.74 bits per heavy atom. The van der Waals surface area contributed by atoms with Gasteiger partial charge in [0, 0.05) is 26.2 Å². The molecule has 31 heavy (non-hydrogen) atoms. The Bertz CT molecular complexity index is 924. The summed E-state index contributed by atoms with van der Waals surface area (Å²) >= 11 is 0. The lowest BCUT2D eigenvalue weighted by atomic mass is 9.89. The molecule has 1 atom stereocenters. The van der Waals surface area contributed by atoms with Crippen molar-refractivity contribution in [3.05, 3.63) is 34.9 Å². The van der Waals surface area contributed by atoms with Crippen molar-refractivity contribution in [3.8, 4) is 0 Å². The molecule has 0 spiro atoms. The van der Waals surface area contributed by atoms with E-state index in [0.717, 1.165) is 29.7 Å². The number of fused-ring (bicyclic) bond motifs is 1. The molecule has 2 saturated heterocycles. The standard InChI is InChI=1S/C22H28N4O5/c1-3-31-21(30)25-11-9-24(10-12-25)18(27)14-26-19(28)22(2,23-20(26)29)17-8-7-15-5-4-6-16(15)13-17/h7-8,13H,3-6,9-12,14H2,1-2H3,(H,23,29). The van der Waals surface area contributed by atoms with Gasteiger partial charge in [-0.2, -0.15) is 0 Å². The number of carbonyl (C=O) groups excluding carboxylic acids is 4. The van der Waals surface area contributed by atoms with Crippen LogP contribution >= 0.6 is 0 Å². The summed E-state index contributed by atoms with van der Waals surface area (Å²) in [6.45, 7) is 4.80. The summed E-state index contributed by atoms with van der Waals surface area (Å²) in [6, 6.07) is 5.36. The predicted molar refractivity (Wildman–Crippen MR) is 111 cm³/mol. The first kappa shape index (κ1) is 21.1. The van der Waals surface area contributed by atoms with Gasteiger partial charge in [0.1, 0.15) is 12.1 Å². The lowest BCUT2D eigenvalue weighted by Crippen LogP contribution is -2.53. The van der Waals surface area contributed by atoms with Crippen molar-refractivity contribution in [1.82, 2.24) is 20.0 Å². The first-order valence-corrected chi connectivity index (χ1v) is 10.8. The van der Waals surface area contributed by atoms with Crippen LogP contribution in [0.2, 0.25) is 0 Å². The van der Waals surface area contributed by atoms with Gasteiger partial charge in [-0.05, 0) is 49.8 Å². The van der Waals surface area contributed by atoms with Gasteiger partial charge in [0.05, 0.1) is 6.61 Å². The molecule has 1 aromatic carbocycles. The van der Waals surface area contributed by atoms with Crippen LogP contribution in [0.3, 0.4) is 0 Å². The van der Waals surface area contributed by atoms with Gasteiger partial charge in [0.2, 0.25) is 5.91 Å². The molecule has 0 aromatic heterocycles. The summed E-state index contributed by atoms with van der Waals surface area (Å²) in [5.74, 6) is -0.737. The third-order valence-electron chi connectivity index (χ3n) is 6.40. The number of amides is 5. The monoisotopic (exact) mass is 428 g/mol. The maximum absolute atomic E-state index is 13.2. The molecule has 1 unspecified atom stereocenters. The average molecular weight is 428 g/mol. The van der Waals surface area contributed by atoms with Crippen molar-refractivity contribution in [2.24, 2.45) is 0 Å². The highest BCUT2D eigenvalue weighted by molar-refractivity contribution is 6.09. The number of hydrogen-bond donors (Lipinski definition) is 1. The van der Waals surface area contributed by atoms with Crippen LogP contribution in [0.25, 0.3) is 0 Å². The summed E-state index contributed by atoms with van der Waals surface area (Å²) in [4.78, 5) is 54.5. The Morgan fingerprint density at radius 3 is 2.45 bits per heavy atom. The zero-order valence-corrected chi connectivity index (χ0v) is 18.0. The van der Waals surface area contributed by atoms with E-state index in [9.17, 15) is 19.2 Å². The molecule has 9 nitrogen and oxygen atoms in total. The quantitative estimate of drug-likeness (QED) is 0.728. The number of piperazine rings is 1. The highest BCUT2D eigenvalue weighted by Crippen LogP contribution is 2.32. The predicted octanol–water partition coefficient (Wildman–Crippen LogP) is 1.24. The molecule has 2 fully saturated rings. The SMILES string of the molecule is CCOC(=O)N1CCN(C(=O)CN2C(=O)NC(C)(c3ccc4c(c3)CCC4)C2=O)CC1. The molecule has 3 aliphatic rings. The van der Waals surface area contributed by atoms with Crippen LogP contribution in [0.1, 0.15) is 37.0 Å². The Hall–Kier alpha value is -3.10. The van der Waals surface area contributed by atoms with E-state index in [4.69, 9.17) is 4.74 Å². The first-order valence-electron chi connectivity index (χ1n) is 10.8. The number of urea groups is 1. The third kappa shape index (κ3) is 3.84. The van der Waals surface area contributed by atoms with E-state index in [0.29, 0.717) is 32.8 Å². The number of hydrogen-bond acceptors (Lipinski definition) is 5. The van der Waals surface area contributed by atoms with Gasteiger partial charge in [-0.25, -0.2) is 9.59 Å². The second-order valence-corrected chi connectivity index (χ2v) is 8.35. The molecule has 4 rings (SSSR count). The van der Waals surface area contributed by atoms with E-state index >= 15 is 0 Å². The summed E-state index contributed by atoms with van der Waals surface area (Å²) < 4.78 is 4.98. The largest absolute Gasteiger partial charge is 0.450 e. The molecular weight excluding hydrogens is 400 g/mol. The minimum absolute atomic E-state index is 0.299. The zero-order valence-electron chi connectivity index (χ0n) is 18.0. The number of imide groups is 1. The minimum Gasteiger partial charge on any atom is -0.450 e. The molecule has 1 aliphatic carbocycles. The molecule has 2 heterocycles. The number of nitrogens with zero attached hydrogens (tertiary/aromatic N) is 3. The molecule has 0 radical (unpaired) electrons. The third-order valence-corrected chi connectivity index (χ3v) is 6.40. The molecular formula is C22H28N4O5.